The van der Waals surface area contributed by atoms with Crippen LogP contribution in [0.25, 0.3) is 12.2 Å². The summed E-state index contributed by atoms with van der Waals surface area (Å²) in [5.74, 6) is 2.29. The largest absolute Gasteiger partial charge is 0.508 e. The first-order valence-corrected chi connectivity index (χ1v) is 10.5. The molecular formula is C27H27NO6. The quantitative estimate of drug-likeness (QED) is 0.241. The number of ketones is 1. The average molecular weight is 462 g/mol. The van der Waals surface area contributed by atoms with Crippen LogP contribution in [0.5, 0.6) is 28.7 Å². The summed E-state index contributed by atoms with van der Waals surface area (Å²) in [6.45, 7) is 0. The fourth-order valence-electron chi connectivity index (χ4n) is 3.29. The highest BCUT2D eigenvalue weighted by Gasteiger charge is 2.12. The van der Waals surface area contributed by atoms with Crippen LogP contribution >= 0.6 is 0 Å². The number of hydrogen-bond acceptors (Lipinski definition) is 7. The molecule has 0 aromatic heterocycles. The number of methoxy groups -OCH3 is 4. The lowest BCUT2D eigenvalue weighted by Gasteiger charge is -2.12. The molecule has 7 heteroatoms. The maximum Gasteiger partial charge on any atom is 0.203 e. The van der Waals surface area contributed by atoms with Crippen LogP contribution in [0.4, 0.5) is 5.69 Å². The van der Waals surface area contributed by atoms with Crippen LogP contribution in [0.2, 0.25) is 0 Å². The van der Waals surface area contributed by atoms with Crippen molar-refractivity contribution in [3.05, 3.63) is 71.3 Å². The Morgan fingerprint density at radius 3 is 2.00 bits per heavy atom. The van der Waals surface area contributed by atoms with Crippen LogP contribution in [0.15, 0.2) is 59.6 Å². The molecule has 0 radical (unpaired) electrons. The summed E-state index contributed by atoms with van der Waals surface area (Å²) in [5.41, 5.74) is 2.88. The van der Waals surface area contributed by atoms with E-state index in [1.807, 2.05) is 42.5 Å². The van der Waals surface area contributed by atoms with Gasteiger partial charge in [-0.1, -0.05) is 18.2 Å². The van der Waals surface area contributed by atoms with E-state index in [1.54, 1.807) is 46.8 Å². The van der Waals surface area contributed by atoms with Crippen molar-refractivity contribution in [1.29, 1.82) is 0 Å². The number of phenols is 1. The van der Waals surface area contributed by atoms with Gasteiger partial charge in [0.15, 0.2) is 17.3 Å². The zero-order chi connectivity index (χ0) is 24.5. The number of carbonyl (C=O) groups is 1. The number of carbonyl (C=O) groups excluding carboxylic acids is 1. The van der Waals surface area contributed by atoms with Crippen molar-refractivity contribution >= 4 is 29.8 Å². The van der Waals surface area contributed by atoms with Crippen LogP contribution in [-0.2, 0) is 0 Å². The summed E-state index contributed by atoms with van der Waals surface area (Å²) < 4.78 is 21.6. The molecule has 176 valence electrons. The second kappa shape index (κ2) is 11.6. The van der Waals surface area contributed by atoms with Crippen molar-refractivity contribution in [1.82, 2.24) is 0 Å². The van der Waals surface area contributed by atoms with Gasteiger partial charge in [-0.25, -0.2) is 0 Å². The highest BCUT2D eigenvalue weighted by atomic mass is 16.5. The van der Waals surface area contributed by atoms with Gasteiger partial charge in [0.05, 0.1) is 28.4 Å². The second-order valence-corrected chi connectivity index (χ2v) is 7.21. The van der Waals surface area contributed by atoms with Crippen molar-refractivity contribution in [3.8, 4) is 28.7 Å². The van der Waals surface area contributed by atoms with Crippen LogP contribution in [0.1, 0.15) is 27.9 Å². The van der Waals surface area contributed by atoms with E-state index < -0.39 is 0 Å². The van der Waals surface area contributed by atoms with Crippen LogP contribution in [0.3, 0.4) is 0 Å². The maximum atomic E-state index is 12.3. The number of aromatic hydroxyl groups is 1. The molecule has 34 heavy (non-hydrogen) atoms. The van der Waals surface area contributed by atoms with Crippen LogP contribution < -0.4 is 18.9 Å². The number of benzene rings is 3. The molecule has 0 atom stereocenters. The zero-order valence-electron chi connectivity index (χ0n) is 19.6. The third-order valence-corrected chi connectivity index (χ3v) is 5.05. The molecule has 0 bridgehead atoms. The average Bonchev–Trinajstić information content (AvgIpc) is 2.87. The van der Waals surface area contributed by atoms with Crippen molar-refractivity contribution in [2.75, 3.05) is 28.4 Å². The van der Waals surface area contributed by atoms with E-state index in [-0.39, 0.29) is 18.0 Å². The molecule has 0 aliphatic rings. The van der Waals surface area contributed by atoms with Crippen molar-refractivity contribution in [2.24, 2.45) is 4.99 Å². The fraction of sp³-hybridized carbons (Fsp3) is 0.185. The molecule has 3 aromatic carbocycles. The lowest BCUT2D eigenvalue weighted by atomic mass is 10.1. The molecule has 0 spiro atoms. The maximum absolute atomic E-state index is 12.3. The Bertz CT molecular complexity index is 1170. The number of rotatable bonds is 10. The molecule has 0 fully saturated rings. The molecule has 1 N–H and O–H groups in total. The lowest BCUT2D eigenvalue weighted by Crippen LogP contribution is -1.98. The molecular weight excluding hydrogens is 434 g/mol. The molecule has 0 aliphatic carbocycles. The first-order valence-electron chi connectivity index (χ1n) is 10.5. The summed E-state index contributed by atoms with van der Waals surface area (Å²) in [6.07, 6.45) is 5.54. The number of ether oxygens (including phenoxy) is 4. The van der Waals surface area contributed by atoms with Crippen molar-refractivity contribution in [2.45, 2.75) is 6.42 Å². The molecule has 0 aliphatic heterocycles. The van der Waals surface area contributed by atoms with Gasteiger partial charge in [-0.2, -0.15) is 0 Å². The number of nitrogens with zero attached hydrogens (tertiary/aromatic N) is 1. The monoisotopic (exact) mass is 461 g/mol. The minimum absolute atomic E-state index is 0.0961. The third-order valence-electron chi connectivity index (χ3n) is 5.05. The Hall–Kier alpha value is -4.26. The molecule has 0 heterocycles. The minimum Gasteiger partial charge on any atom is -0.508 e. The SMILES string of the molecule is COc1ccc(/C=C\c2cc(OC)c(OC)c(OC)c2)cc1N=CCC(=O)c1ccc(O)cc1. The van der Waals surface area contributed by atoms with E-state index in [4.69, 9.17) is 18.9 Å². The molecule has 0 amide bonds. The molecule has 3 rings (SSSR count). The van der Waals surface area contributed by atoms with Gasteiger partial charge in [-0.3, -0.25) is 9.79 Å². The first kappa shape index (κ1) is 24.4. The van der Waals surface area contributed by atoms with Crippen LogP contribution in [-0.4, -0.2) is 45.5 Å². The number of hydrogen-bond donors (Lipinski definition) is 1. The summed E-state index contributed by atoms with van der Waals surface area (Å²) >= 11 is 0. The van der Waals surface area contributed by atoms with Gasteiger partial charge < -0.3 is 24.1 Å². The Morgan fingerprint density at radius 2 is 1.41 bits per heavy atom. The van der Waals surface area contributed by atoms with E-state index in [0.717, 1.165) is 11.1 Å². The summed E-state index contributed by atoms with van der Waals surface area (Å²) in [4.78, 5) is 16.8. The van der Waals surface area contributed by atoms with Crippen molar-refractivity contribution < 1.29 is 28.8 Å². The summed E-state index contributed by atoms with van der Waals surface area (Å²) in [7, 11) is 6.28. The zero-order valence-corrected chi connectivity index (χ0v) is 19.6. The Morgan fingerprint density at radius 1 is 0.794 bits per heavy atom. The number of aliphatic imine (C=N–C) groups is 1. The van der Waals surface area contributed by atoms with Gasteiger partial charge >= 0.3 is 0 Å². The Kier molecular flexibility index (Phi) is 8.29. The number of phenolic OH excluding ortho intramolecular Hbond substituents is 1. The van der Waals surface area contributed by atoms with Gasteiger partial charge in [0.2, 0.25) is 5.75 Å². The normalized spacial score (nSPS) is 11.1. The highest BCUT2D eigenvalue weighted by Crippen LogP contribution is 2.38. The first-order chi connectivity index (χ1) is 16.5. The molecule has 7 nitrogen and oxygen atoms in total. The smallest absolute Gasteiger partial charge is 0.203 e. The fourth-order valence-corrected chi connectivity index (χ4v) is 3.29. The van der Waals surface area contributed by atoms with Gasteiger partial charge in [0.1, 0.15) is 17.2 Å². The highest BCUT2D eigenvalue weighted by molar-refractivity contribution is 6.04. The van der Waals surface area contributed by atoms with Gasteiger partial charge in [-0.15, -0.1) is 0 Å². The van der Waals surface area contributed by atoms with Gasteiger partial charge in [-0.05, 0) is 59.7 Å². The second-order valence-electron chi connectivity index (χ2n) is 7.21. The number of Topliss-reactive ketones (excluding diaryl/α,β-unsaturated/α-hetero) is 1. The van der Waals surface area contributed by atoms with E-state index in [1.165, 1.54) is 12.1 Å². The molecule has 0 saturated carbocycles. The van der Waals surface area contributed by atoms with Gasteiger partial charge in [0.25, 0.3) is 0 Å². The summed E-state index contributed by atoms with van der Waals surface area (Å²) in [5, 5.41) is 9.36. The standard InChI is InChI=1S/C27H27NO6/c1-31-24-12-7-18(5-6-19-16-25(32-2)27(34-4)26(17-19)33-3)15-22(24)28-14-13-23(30)20-8-10-21(29)11-9-20/h5-12,14-17,29H,13H2,1-4H3/b6-5-,28-14?. The van der Waals surface area contributed by atoms with Crippen molar-refractivity contribution in [3.63, 3.8) is 0 Å². The molecule has 0 unspecified atom stereocenters. The molecule has 0 saturated heterocycles. The van der Waals surface area contributed by atoms with E-state index in [2.05, 4.69) is 4.99 Å². The van der Waals surface area contributed by atoms with Gasteiger partial charge in [0, 0.05) is 18.2 Å². The predicted molar refractivity (Wildman–Crippen MR) is 133 cm³/mol. The van der Waals surface area contributed by atoms with E-state index >= 15 is 0 Å². The third kappa shape index (κ3) is 5.95. The van der Waals surface area contributed by atoms with Crippen LogP contribution in [0, 0.1) is 0 Å². The minimum atomic E-state index is -0.0961. The Labute approximate surface area is 198 Å². The van der Waals surface area contributed by atoms with E-state index in [9.17, 15) is 9.90 Å². The molecule has 3 aromatic rings. The topological polar surface area (TPSA) is 86.6 Å². The Balaban J connectivity index is 1.80. The lowest BCUT2D eigenvalue weighted by molar-refractivity contribution is 0.100. The predicted octanol–water partition coefficient (Wildman–Crippen LogP) is 5.57. The van der Waals surface area contributed by atoms with E-state index in [0.29, 0.717) is 34.2 Å². The summed E-state index contributed by atoms with van der Waals surface area (Å²) in [6, 6.07) is 15.5.